The van der Waals surface area contributed by atoms with Gasteiger partial charge >= 0.3 is 5.97 Å². The van der Waals surface area contributed by atoms with Gasteiger partial charge in [-0.05, 0) is 6.42 Å². The fourth-order valence-electron chi connectivity index (χ4n) is 1.52. The average molecular weight is 194 g/mol. The molecule has 14 heavy (non-hydrogen) atoms. The topological polar surface area (TPSA) is 72.2 Å². The van der Waals surface area contributed by atoms with Gasteiger partial charge < -0.3 is 5.11 Å². The van der Waals surface area contributed by atoms with Crippen LogP contribution in [-0.4, -0.2) is 26.6 Å². The molecule has 1 aliphatic carbocycles. The predicted octanol–water partition coefficient (Wildman–Crippen LogP) is 0.323. The molecule has 0 aliphatic heterocycles. The van der Waals surface area contributed by atoms with E-state index >= 15 is 0 Å². The highest BCUT2D eigenvalue weighted by Gasteiger charge is 2.48. The van der Waals surface area contributed by atoms with E-state index in [4.69, 9.17) is 5.11 Å². The van der Waals surface area contributed by atoms with Crippen molar-refractivity contribution < 1.29 is 14.7 Å². The third kappa shape index (κ3) is 1.41. The van der Waals surface area contributed by atoms with Gasteiger partial charge in [0.05, 0.1) is 17.7 Å². The Labute approximate surface area is 80.3 Å². The van der Waals surface area contributed by atoms with Crippen LogP contribution in [-0.2, 0) is 11.8 Å². The van der Waals surface area contributed by atoms with E-state index in [2.05, 4.69) is 5.10 Å². The first-order valence-corrected chi connectivity index (χ1v) is 4.35. The number of hydrogen-bond donors (Lipinski definition) is 1. The van der Waals surface area contributed by atoms with Crippen molar-refractivity contribution in [1.29, 1.82) is 0 Å². The molecule has 1 fully saturated rings. The van der Waals surface area contributed by atoms with E-state index in [-0.39, 0.29) is 11.7 Å². The van der Waals surface area contributed by atoms with E-state index in [1.165, 1.54) is 10.9 Å². The van der Waals surface area contributed by atoms with Crippen molar-refractivity contribution in [1.82, 2.24) is 9.78 Å². The van der Waals surface area contributed by atoms with Crippen molar-refractivity contribution in [2.75, 3.05) is 0 Å². The minimum Gasteiger partial charge on any atom is -0.481 e. The summed E-state index contributed by atoms with van der Waals surface area (Å²) in [5.41, 5.74) is 0.501. The van der Waals surface area contributed by atoms with Gasteiger partial charge in [0, 0.05) is 19.2 Å². The van der Waals surface area contributed by atoms with Crippen molar-refractivity contribution in [3.63, 3.8) is 0 Å². The minimum atomic E-state index is -0.882. The molecule has 5 heteroatoms. The Morgan fingerprint density at radius 1 is 1.57 bits per heavy atom. The Morgan fingerprint density at radius 2 is 2.29 bits per heavy atom. The van der Waals surface area contributed by atoms with Crippen LogP contribution in [0.1, 0.15) is 16.8 Å². The van der Waals surface area contributed by atoms with Crippen LogP contribution in [0.25, 0.3) is 0 Å². The standard InChI is InChI=1S/C9H10N2O3/c1-11-4-5(3-10-11)8(12)6-2-7(6)9(13)14/h3-4,6-7H,2H2,1H3,(H,13,14)/t6-,7+/m1/s1. The predicted molar refractivity (Wildman–Crippen MR) is 46.8 cm³/mol. The van der Waals surface area contributed by atoms with Crippen molar-refractivity contribution in [3.05, 3.63) is 18.0 Å². The molecule has 0 unspecified atom stereocenters. The SMILES string of the molecule is Cn1cc(C(=O)[C@@H]2C[C@@H]2C(=O)O)cn1. The Hall–Kier alpha value is -1.65. The van der Waals surface area contributed by atoms with Gasteiger partial charge in [0.25, 0.3) is 0 Å². The largest absolute Gasteiger partial charge is 0.481 e. The van der Waals surface area contributed by atoms with Crippen molar-refractivity contribution in [3.8, 4) is 0 Å². The minimum absolute atomic E-state index is 0.106. The van der Waals surface area contributed by atoms with Gasteiger partial charge in [-0.3, -0.25) is 14.3 Å². The maximum absolute atomic E-state index is 11.6. The zero-order chi connectivity index (χ0) is 10.3. The summed E-state index contributed by atoms with van der Waals surface area (Å²) in [5.74, 6) is -1.81. The highest BCUT2D eigenvalue weighted by molar-refractivity contribution is 6.02. The van der Waals surface area contributed by atoms with Gasteiger partial charge in [0.15, 0.2) is 5.78 Å². The maximum Gasteiger partial charge on any atom is 0.307 e. The maximum atomic E-state index is 11.6. The molecule has 74 valence electrons. The van der Waals surface area contributed by atoms with Crippen LogP contribution in [0.4, 0.5) is 0 Å². The zero-order valence-electron chi connectivity index (χ0n) is 7.67. The van der Waals surface area contributed by atoms with Crippen LogP contribution < -0.4 is 0 Å². The van der Waals surface area contributed by atoms with E-state index in [1.54, 1.807) is 13.2 Å². The summed E-state index contributed by atoms with van der Waals surface area (Å²) in [6.07, 6.45) is 3.54. The highest BCUT2D eigenvalue weighted by atomic mass is 16.4. The molecule has 1 aromatic rings. The van der Waals surface area contributed by atoms with E-state index < -0.39 is 11.9 Å². The number of aliphatic carboxylic acids is 1. The van der Waals surface area contributed by atoms with Crippen LogP contribution in [0.3, 0.4) is 0 Å². The number of ketones is 1. The number of carboxylic acids is 1. The molecule has 1 N–H and O–H groups in total. The van der Waals surface area contributed by atoms with E-state index in [0.717, 1.165) is 0 Å². The molecule has 1 saturated carbocycles. The fourth-order valence-corrected chi connectivity index (χ4v) is 1.52. The summed E-state index contributed by atoms with van der Waals surface area (Å²) >= 11 is 0. The van der Waals surface area contributed by atoms with Gasteiger partial charge in [-0.2, -0.15) is 5.10 Å². The molecule has 0 amide bonds. The van der Waals surface area contributed by atoms with Crippen LogP contribution in [0, 0.1) is 11.8 Å². The van der Waals surface area contributed by atoms with Crippen LogP contribution in [0.2, 0.25) is 0 Å². The summed E-state index contributed by atoms with van der Waals surface area (Å²) < 4.78 is 1.53. The Balaban J connectivity index is 2.08. The first-order chi connectivity index (χ1) is 6.59. The number of rotatable bonds is 3. The molecular weight excluding hydrogens is 184 g/mol. The van der Waals surface area contributed by atoms with Gasteiger partial charge in [-0.25, -0.2) is 0 Å². The highest BCUT2D eigenvalue weighted by Crippen LogP contribution is 2.40. The number of carbonyl (C=O) groups excluding carboxylic acids is 1. The third-order valence-corrected chi connectivity index (χ3v) is 2.43. The van der Waals surface area contributed by atoms with Crippen molar-refractivity contribution in [2.24, 2.45) is 18.9 Å². The molecular formula is C9H10N2O3. The molecule has 2 rings (SSSR count). The lowest BCUT2D eigenvalue weighted by Gasteiger charge is -1.92. The summed E-state index contributed by atoms with van der Waals surface area (Å²) in [6.45, 7) is 0. The fraction of sp³-hybridized carbons (Fsp3) is 0.444. The summed E-state index contributed by atoms with van der Waals surface area (Å²) in [5, 5.41) is 12.5. The van der Waals surface area contributed by atoms with Crippen molar-refractivity contribution in [2.45, 2.75) is 6.42 Å². The number of Topliss-reactive ketones (excluding diaryl/α,β-unsaturated/α-hetero) is 1. The first-order valence-electron chi connectivity index (χ1n) is 4.35. The monoisotopic (exact) mass is 194 g/mol. The summed E-state index contributed by atoms with van der Waals surface area (Å²) in [7, 11) is 1.72. The molecule has 0 aromatic carbocycles. The lowest BCUT2D eigenvalue weighted by Crippen LogP contribution is -2.07. The molecule has 0 spiro atoms. The quantitative estimate of drug-likeness (QED) is 0.703. The Bertz CT molecular complexity index is 397. The lowest BCUT2D eigenvalue weighted by molar-refractivity contribution is -0.138. The van der Waals surface area contributed by atoms with Gasteiger partial charge in [0.1, 0.15) is 0 Å². The number of carboxylic acid groups (broad SMARTS) is 1. The average Bonchev–Trinajstić information content (AvgIpc) is 2.82. The van der Waals surface area contributed by atoms with E-state index in [0.29, 0.717) is 12.0 Å². The molecule has 1 aliphatic rings. The Kier molecular flexibility index (Phi) is 1.87. The molecule has 0 saturated heterocycles. The Morgan fingerprint density at radius 3 is 2.71 bits per heavy atom. The van der Waals surface area contributed by atoms with E-state index in [1.807, 2.05) is 0 Å². The van der Waals surface area contributed by atoms with Crippen LogP contribution in [0.15, 0.2) is 12.4 Å². The van der Waals surface area contributed by atoms with Gasteiger partial charge in [-0.15, -0.1) is 0 Å². The van der Waals surface area contributed by atoms with Gasteiger partial charge in [0.2, 0.25) is 0 Å². The van der Waals surface area contributed by atoms with Crippen LogP contribution in [0.5, 0.6) is 0 Å². The number of hydrogen-bond acceptors (Lipinski definition) is 3. The first kappa shape index (κ1) is 8.93. The smallest absolute Gasteiger partial charge is 0.307 e. The van der Waals surface area contributed by atoms with Crippen LogP contribution >= 0.6 is 0 Å². The summed E-state index contributed by atoms with van der Waals surface area (Å²) in [4.78, 5) is 22.2. The molecule has 1 aromatic heterocycles. The zero-order valence-corrected chi connectivity index (χ0v) is 7.67. The summed E-state index contributed by atoms with van der Waals surface area (Å²) in [6, 6.07) is 0. The molecule has 0 radical (unpaired) electrons. The second-order valence-electron chi connectivity index (χ2n) is 3.55. The van der Waals surface area contributed by atoms with E-state index in [9.17, 15) is 9.59 Å². The normalized spacial score (nSPS) is 24.6. The molecule has 1 heterocycles. The number of carbonyl (C=O) groups is 2. The van der Waals surface area contributed by atoms with Gasteiger partial charge in [-0.1, -0.05) is 0 Å². The lowest BCUT2D eigenvalue weighted by atomic mass is 10.1. The second kappa shape index (κ2) is 2.94. The third-order valence-electron chi connectivity index (χ3n) is 2.43. The number of nitrogens with zero attached hydrogens (tertiary/aromatic N) is 2. The van der Waals surface area contributed by atoms with Crippen molar-refractivity contribution >= 4 is 11.8 Å². The molecule has 2 atom stereocenters. The molecule has 0 bridgehead atoms. The second-order valence-corrected chi connectivity index (χ2v) is 3.55. The number of aromatic nitrogens is 2. The molecule has 5 nitrogen and oxygen atoms in total. The number of aryl methyl sites for hydroxylation is 1.